The van der Waals surface area contributed by atoms with E-state index in [9.17, 15) is 4.79 Å². The van der Waals surface area contributed by atoms with Crippen molar-refractivity contribution in [2.24, 2.45) is 0 Å². The Balaban J connectivity index is 3.84. The Bertz CT molecular complexity index is 153. The van der Waals surface area contributed by atoms with E-state index in [-0.39, 0.29) is 12.5 Å². The molecular formula is C10H20ClNO2. The SMILES string of the molecule is CCCCN(CCCl)C(=O)COCC. The molecule has 0 aromatic rings. The maximum Gasteiger partial charge on any atom is 0.248 e. The summed E-state index contributed by atoms with van der Waals surface area (Å²) in [6.45, 7) is 6.14. The van der Waals surface area contributed by atoms with E-state index >= 15 is 0 Å². The predicted octanol–water partition coefficient (Wildman–Crippen LogP) is 1.89. The van der Waals surface area contributed by atoms with Crippen molar-refractivity contribution in [3.63, 3.8) is 0 Å². The zero-order chi connectivity index (χ0) is 10.8. The van der Waals surface area contributed by atoms with Gasteiger partial charge in [-0.1, -0.05) is 13.3 Å². The predicted molar refractivity (Wildman–Crippen MR) is 58.7 cm³/mol. The van der Waals surface area contributed by atoms with Crippen LogP contribution in [0.1, 0.15) is 26.7 Å². The molecule has 0 aromatic heterocycles. The maximum absolute atomic E-state index is 11.5. The third-order valence-electron chi connectivity index (χ3n) is 1.92. The first-order valence-corrected chi connectivity index (χ1v) is 5.71. The number of amides is 1. The van der Waals surface area contributed by atoms with Gasteiger partial charge in [0.15, 0.2) is 0 Å². The highest BCUT2D eigenvalue weighted by atomic mass is 35.5. The number of hydrogen-bond donors (Lipinski definition) is 0. The number of nitrogens with zero attached hydrogens (tertiary/aromatic N) is 1. The van der Waals surface area contributed by atoms with Gasteiger partial charge in [-0.3, -0.25) is 4.79 Å². The minimum absolute atomic E-state index is 0.0425. The lowest BCUT2D eigenvalue weighted by molar-refractivity contribution is -0.135. The molecule has 0 aromatic carbocycles. The van der Waals surface area contributed by atoms with Crippen molar-refractivity contribution in [2.75, 3.05) is 32.2 Å². The summed E-state index contributed by atoms with van der Waals surface area (Å²) in [6, 6.07) is 0. The van der Waals surface area contributed by atoms with Crippen LogP contribution in [0.25, 0.3) is 0 Å². The average molecular weight is 222 g/mol. The fraction of sp³-hybridized carbons (Fsp3) is 0.900. The van der Waals surface area contributed by atoms with Gasteiger partial charge in [-0.05, 0) is 13.3 Å². The molecule has 84 valence electrons. The number of hydrogen-bond acceptors (Lipinski definition) is 2. The second-order valence-corrected chi connectivity index (χ2v) is 3.44. The van der Waals surface area contributed by atoms with Gasteiger partial charge in [-0.25, -0.2) is 0 Å². The van der Waals surface area contributed by atoms with Crippen molar-refractivity contribution in [3.05, 3.63) is 0 Å². The molecule has 0 aliphatic carbocycles. The van der Waals surface area contributed by atoms with E-state index in [0.29, 0.717) is 19.0 Å². The second kappa shape index (κ2) is 9.28. The zero-order valence-electron chi connectivity index (χ0n) is 9.09. The highest BCUT2D eigenvalue weighted by Crippen LogP contribution is 1.97. The molecule has 0 saturated heterocycles. The van der Waals surface area contributed by atoms with E-state index in [2.05, 4.69) is 6.92 Å². The molecule has 0 saturated carbocycles. The molecule has 0 aliphatic heterocycles. The van der Waals surface area contributed by atoms with Crippen LogP contribution in [0.15, 0.2) is 0 Å². The van der Waals surface area contributed by atoms with Crippen molar-refractivity contribution in [1.82, 2.24) is 4.90 Å². The van der Waals surface area contributed by atoms with Crippen LogP contribution in [-0.4, -0.2) is 43.0 Å². The molecule has 0 aliphatic rings. The quantitative estimate of drug-likeness (QED) is 0.586. The smallest absolute Gasteiger partial charge is 0.248 e. The first-order valence-electron chi connectivity index (χ1n) is 5.17. The minimum atomic E-state index is 0.0425. The van der Waals surface area contributed by atoms with Crippen LogP contribution < -0.4 is 0 Å². The molecule has 0 spiro atoms. The highest BCUT2D eigenvalue weighted by Gasteiger charge is 2.11. The van der Waals surface area contributed by atoms with Gasteiger partial charge in [0, 0.05) is 25.6 Å². The molecule has 0 heterocycles. The summed E-state index contributed by atoms with van der Waals surface area (Å²) in [4.78, 5) is 13.3. The Morgan fingerprint density at radius 3 is 2.57 bits per heavy atom. The lowest BCUT2D eigenvalue weighted by Crippen LogP contribution is -2.36. The van der Waals surface area contributed by atoms with Gasteiger partial charge in [0.2, 0.25) is 5.91 Å². The number of carbonyl (C=O) groups excluding carboxylic acids is 1. The van der Waals surface area contributed by atoms with Gasteiger partial charge in [0.25, 0.3) is 0 Å². The van der Waals surface area contributed by atoms with E-state index in [1.165, 1.54) is 0 Å². The lowest BCUT2D eigenvalue weighted by Gasteiger charge is -2.21. The number of halogens is 1. The summed E-state index contributed by atoms with van der Waals surface area (Å²) in [5.41, 5.74) is 0. The molecule has 0 radical (unpaired) electrons. The summed E-state index contributed by atoms with van der Waals surface area (Å²) < 4.78 is 5.07. The Morgan fingerprint density at radius 1 is 1.36 bits per heavy atom. The van der Waals surface area contributed by atoms with Gasteiger partial charge >= 0.3 is 0 Å². The summed E-state index contributed by atoms with van der Waals surface area (Å²) in [5.74, 6) is 0.530. The molecule has 14 heavy (non-hydrogen) atoms. The summed E-state index contributed by atoms with van der Waals surface area (Å²) in [6.07, 6.45) is 2.11. The van der Waals surface area contributed by atoms with Gasteiger partial charge in [-0.15, -0.1) is 11.6 Å². The highest BCUT2D eigenvalue weighted by molar-refractivity contribution is 6.18. The first-order chi connectivity index (χ1) is 6.76. The van der Waals surface area contributed by atoms with Crippen LogP contribution in [0, 0.1) is 0 Å². The summed E-state index contributed by atoms with van der Waals surface area (Å²) in [7, 11) is 0. The number of carbonyl (C=O) groups is 1. The van der Waals surface area contributed by atoms with Crippen molar-refractivity contribution in [2.45, 2.75) is 26.7 Å². The third kappa shape index (κ3) is 6.22. The van der Waals surface area contributed by atoms with E-state index in [1.54, 1.807) is 4.90 Å². The third-order valence-corrected chi connectivity index (χ3v) is 2.09. The van der Waals surface area contributed by atoms with Crippen molar-refractivity contribution < 1.29 is 9.53 Å². The van der Waals surface area contributed by atoms with Gasteiger partial charge < -0.3 is 9.64 Å². The zero-order valence-corrected chi connectivity index (χ0v) is 9.85. The van der Waals surface area contributed by atoms with Crippen LogP contribution in [0.4, 0.5) is 0 Å². The Kier molecular flexibility index (Phi) is 9.10. The molecule has 0 N–H and O–H groups in total. The fourth-order valence-corrected chi connectivity index (χ4v) is 1.30. The molecule has 0 bridgehead atoms. The van der Waals surface area contributed by atoms with Gasteiger partial charge in [-0.2, -0.15) is 0 Å². The lowest BCUT2D eigenvalue weighted by atomic mass is 10.3. The molecule has 0 fully saturated rings. The second-order valence-electron chi connectivity index (χ2n) is 3.06. The van der Waals surface area contributed by atoms with Crippen LogP contribution >= 0.6 is 11.6 Å². The molecule has 0 rings (SSSR count). The number of unbranched alkanes of at least 4 members (excludes halogenated alkanes) is 1. The van der Waals surface area contributed by atoms with Crippen LogP contribution in [0.5, 0.6) is 0 Å². The molecular weight excluding hydrogens is 202 g/mol. The number of rotatable bonds is 8. The summed E-state index contributed by atoms with van der Waals surface area (Å²) >= 11 is 5.62. The molecule has 1 amide bonds. The largest absolute Gasteiger partial charge is 0.372 e. The van der Waals surface area contributed by atoms with E-state index < -0.39 is 0 Å². The molecule has 0 atom stereocenters. The molecule has 0 unspecified atom stereocenters. The van der Waals surface area contributed by atoms with E-state index in [4.69, 9.17) is 16.3 Å². The molecule has 3 nitrogen and oxygen atoms in total. The van der Waals surface area contributed by atoms with Gasteiger partial charge in [0.1, 0.15) is 6.61 Å². The Hall–Kier alpha value is -0.280. The minimum Gasteiger partial charge on any atom is -0.372 e. The van der Waals surface area contributed by atoms with Crippen LogP contribution in [0.3, 0.4) is 0 Å². The Labute approximate surface area is 91.4 Å². The Morgan fingerprint density at radius 2 is 2.07 bits per heavy atom. The monoisotopic (exact) mass is 221 g/mol. The topological polar surface area (TPSA) is 29.5 Å². The standard InChI is InChI=1S/C10H20ClNO2/c1-3-5-7-12(8-6-11)10(13)9-14-4-2/h3-9H2,1-2H3. The van der Waals surface area contributed by atoms with Gasteiger partial charge in [0.05, 0.1) is 0 Å². The van der Waals surface area contributed by atoms with E-state index in [0.717, 1.165) is 19.4 Å². The first kappa shape index (κ1) is 13.7. The fourth-order valence-electron chi connectivity index (χ4n) is 1.09. The van der Waals surface area contributed by atoms with E-state index in [1.807, 2.05) is 6.92 Å². The number of alkyl halides is 1. The van der Waals surface area contributed by atoms with Crippen molar-refractivity contribution in [3.8, 4) is 0 Å². The normalized spacial score (nSPS) is 10.2. The maximum atomic E-state index is 11.5. The number of ether oxygens (including phenoxy) is 1. The molecule has 4 heteroatoms. The summed E-state index contributed by atoms with van der Waals surface area (Å²) in [5, 5.41) is 0. The van der Waals surface area contributed by atoms with Crippen LogP contribution in [-0.2, 0) is 9.53 Å². The average Bonchev–Trinajstić information content (AvgIpc) is 2.20. The van der Waals surface area contributed by atoms with Crippen molar-refractivity contribution >= 4 is 17.5 Å². The van der Waals surface area contributed by atoms with Crippen LogP contribution in [0.2, 0.25) is 0 Å². The van der Waals surface area contributed by atoms with Crippen molar-refractivity contribution in [1.29, 1.82) is 0 Å².